The zero-order valence-electron chi connectivity index (χ0n) is 12.3. The van der Waals surface area contributed by atoms with Crippen molar-refractivity contribution in [3.63, 3.8) is 0 Å². The van der Waals surface area contributed by atoms with Crippen LogP contribution in [0, 0.1) is 6.92 Å². The van der Waals surface area contributed by atoms with Gasteiger partial charge in [0.1, 0.15) is 0 Å². The lowest BCUT2D eigenvalue weighted by atomic mass is 10.1. The van der Waals surface area contributed by atoms with Crippen LogP contribution in [0.15, 0.2) is 47.4 Å². The number of hydrogen-bond donors (Lipinski definition) is 1. The van der Waals surface area contributed by atoms with Crippen molar-refractivity contribution in [1.82, 2.24) is 4.98 Å². The van der Waals surface area contributed by atoms with Gasteiger partial charge >= 0.3 is 0 Å². The molecule has 0 fully saturated rings. The van der Waals surface area contributed by atoms with Gasteiger partial charge < -0.3 is 0 Å². The van der Waals surface area contributed by atoms with E-state index in [1.807, 2.05) is 25.1 Å². The van der Waals surface area contributed by atoms with Gasteiger partial charge in [0.25, 0.3) is 10.0 Å². The van der Waals surface area contributed by atoms with Crippen molar-refractivity contribution in [2.75, 3.05) is 4.72 Å². The maximum Gasteiger partial charge on any atom is 0.263 e. The molecule has 1 aromatic heterocycles. The number of aryl methyl sites for hydroxylation is 2. The fourth-order valence-corrected chi connectivity index (χ4v) is 4.37. The number of thiazole rings is 1. The van der Waals surface area contributed by atoms with Crippen molar-refractivity contribution in [2.24, 2.45) is 0 Å². The molecule has 0 saturated heterocycles. The third kappa shape index (κ3) is 2.84. The van der Waals surface area contributed by atoms with Crippen molar-refractivity contribution in [2.45, 2.75) is 25.2 Å². The predicted octanol–water partition coefficient (Wildman–Crippen LogP) is 3.97. The summed E-state index contributed by atoms with van der Waals surface area (Å²) in [7, 11) is -3.60. The number of nitrogens with zero attached hydrogens (tertiary/aromatic N) is 1. The van der Waals surface area contributed by atoms with E-state index in [1.54, 1.807) is 24.3 Å². The van der Waals surface area contributed by atoms with E-state index in [9.17, 15) is 8.42 Å². The summed E-state index contributed by atoms with van der Waals surface area (Å²) in [6, 6.07) is 12.7. The minimum Gasteiger partial charge on any atom is -0.255 e. The second kappa shape index (κ2) is 5.70. The van der Waals surface area contributed by atoms with E-state index >= 15 is 0 Å². The molecule has 0 saturated carbocycles. The van der Waals surface area contributed by atoms with Gasteiger partial charge in [-0.3, -0.25) is 4.72 Å². The van der Waals surface area contributed by atoms with Crippen LogP contribution >= 0.6 is 11.3 Å². The highest BCUT2D eigenvalue weighted by molar-refractivity contribution is 7.93. The minimum atomic E-state index is -3.60. The molecule has 0 bridgehead atoms. The quantitative estimate of drug-likeness (QED) is 0.786. The monoisotopic (exact) mass is 332 g/mol. The van der Waals surface area contributed by atoms with E-state index in [0.717, 1.165) is 27.8 Å². The Morgan fingerprint density at radius 1 is 1.14 bits per heavy atom. The van der Waals surface area contributed by atoms with Crippen molar-refractivity contribution < 1.29 is 8.42 Å². The van der Waals surface area contributed by atoms with Gasteiger partial charge in [-0.1, -0.05) is 48.1 Å². The largest absolute Gasteiger partial charge is 0.263 e. The third-order valence-corrected chi connectivity index (χ3v) is 5.86. The summed E-state index contributed by atoms with van der Waals surface area (Å²) in [5, 5.41) is 0.400. The van der Waals surface area contributed by atoms with Crippen LogP contribution in [0.5, 0.6) is 0 Å². The molecular weight excluding hydrogens is 316 g/mol. The minimum absolute atomic E-state index is 0.244. The first-order valence-corrected chi connectivity index (χ1v) is 9.27. The molecule has 0 spiro atoms. The van der Waals surface area contributed by atoms with Gasteiger partial charge in [-0.15, -0.1) is 0 Å². The van der Waals surface area contributed by atoms with Crippen LogP contribution in [-0.4, -0.2) is 13.4 Å². The number of hydrogen-bond acceptors (Lipinski definition) is 4. The molecule has 3 rings (SSSR count). The maximum absolute atomic E-state index is 12.4. The Balaban J connectivity index is 1.97. The van der Waals surface area contributed by atoms with Crippen LogP contribution in [-0.2, 0) is 16.4 Å². The fourth-order valence-electron chi connectivity index (χ4n) is 2.23. The first-order chi connectivity index (χ1) is 10.5. The van der Waals surface area contributed by atoms with E-state index in [0.29, 0.717) is 5.13 Å². The topological polar surface area (TPSA) is 59.1 Å². The van der Waals surface area contributed by atoms with Gasteiger partial charge in [0.05, 0.1) is 15.1 Å². The molecule has 0 aliphatic heterocycles. The Bertz CT molecular complexity index is 913. The molecule has 114 valence electrons. The average molecular weight is 332 g/mol. The highest BCUT2D eigenvalue weighted by Gasteiger charge is 2.17. The van der Waals surface area contributed by atoms with E-state index in [1.165, 1.54) is 11.3 Å². The fraction of sp³-hybridized carbons (Fsp3) is 0.188. The number of para-hydroxylation sites is 1. The molecule has 0 unspecified atom stereocenters. The smallest absolute Gasteiger partial charge is 0.255 e. The Labute approximate surface area is 133 Å². The van der Waals surface area contributed by atoms with Gasteiger partial charge in [0.15, 0.2) is 5.13 Å². The molecule has 0 amide bonds. The summed E-state index contributed by atoms with van der Waals surface area (Å²) >= 11 is 1.35. The van der Waals surface area contributed by atoms with Crippen LogP contribution < -0.4 is 4.72 Å². The van der Waals surface area contributed by atoms with Gasteiger partial charge in [-0.05, 0) is 37.1 Å². The molecule has 0 atom stereocenters. The van der Waals surface area contributed by atoms with Crippen LogP contribution in [0.3, 0.4) is 0 Å². The second-order valence-corrected chi connectivity index (χ2v) is 7.77. The lowest BCUT2D eigenvalue weighted by Gasteiger charge is -2.05. The van der Waals surface area contributed by atoms with Gasteiger partial charge in [0.2, 0.25) is 0 Å². The number of nitrogens with one attached hydrogen (secondary N) is 1. The molecule has 3 aromatic rings. The number of rotatable bonds is 4. The maximum atomic E-state index is 12.4. The molecule has 0 aliphatic rings. The van der Waals surface area contributed by atoms with E-state index < -0.39 is 10.0 Å². The normalized spacial score (nSPS) is 11.7. The summed E-state index contributed by atoms with van der Waals surface area (Å²) < 4.78 is 28.4. The van der Waals surface area contributed by atoms with Crippen LogP contribution in [0.1, 0.15) is 18.1 Å². The summed E-state index contributed by atoms with van der Waals surface area (Å²) in [6.45, 7) is 3.98. The molecule has 0 aliphatic carbocycles. The molecular formula is C16H16N2O2S2. The summed E-state index contributed by atoms with van der Waals surface area (Å²) in [5.74, 6) is 0. The molecule has 1 heterocycles. The van der Waals surface area contributed by atoms with Crippen molar-refractivity contribution in [3.05, 3.63) is 53.6 Å². The first kappa shape index (κ1) is 15.0. The number of aromatic nitrogens is 1. The third-order valence-electron chi connectivity index (χ3n) is 3.44. The highest BCUT2D eigenvalue weighted by Crippen LogP contribution is 2.30. The van der Waals surface area contributed by atoms with Gasteiger partial charge in [-0.25, -0.2) is 13.4 Å². The van der Waals surface area contributed by atoms with E-state index in [-0.39, 0.29) is 4.90 Å². The molecule has 22 heavy (non-hydrogen) atoms. The van der Waals surface area contributed by atoms with Crippen LogP contribution in [0.2, 0.25) is 0 Å². The summed E-state index contributed by atoms with van der Waals surface area (Å²) in [5.41, 5.74) is 3.01. The molecule has 6 heteroatoms. The number of benzene rings is 2. The Morgan fingerprint density at radius 3 is 2.55 bits per heavy atom. The molecule has 4 nitrogen and oxygen atoms in total. The predicted molar refractivity (Wildman–Crippen MR) is 91.0 cm³/mol. The van der Waals surface area contributed by atoms with Crippen LogP contribution in [0.4, 0.5) is 5.13 Å². The first-order valence-electron chi connectivity index (χ1n) is 6.97. The van der Waals surface area contributed by atoms with E-state index in [2.05, 4.69) is 16.6 Å². The molecule has 2 aromatic carbocycles. The van der Waals surface area contributed by atoms with Crippen molar-refractivity contribution in [1.29, 1.82) is 0 Å². The van der Waals surface area contributed by atoms with Gasteiger partial charge in [-0.2, -0.15) is 0 Å². The number of sulfonamides is 1. The van der Waals surface area contributed by atoms with Gasteiger partial charge in [0, 0.05) is 0 Å². The Kier molecular flexibility index (Phi) is 3.88. The second-order valence-electron chi connectivity index (χ2n) is 5.06. The molecule has 0 radical (unpaired) electrons. The highest BCUT2D eigenvalue weighted by atomic mass is 32.2. The molecule has 1 N–H and O–H groups in total. The lowest BCUT2D eigenvalue weighted by Crippen LogP contribution is -2.12. The average Bonchev–Trinajstić information content (AvgIpc) is 2.89. The van der Waals surface area contributed by atoms with Crippen LogP contribution in [0.25, 0.3) is 10.2 Å². The lowest BCUT2D eigenvalue weighted by molar-refractivity contribution is 0.601. The number of anilines is 1. The number of fused-ring (bicyclic) bond motifs is 1. The Hall–Kier alpha value is -1.92. The zero-order chi connectivity index (χ0) is 15.7. The Morgan fingerprint density at radius 2 is 1.86 bits per heavy atom. The van der Waals surface area contributed by atoms with Crippen molar-refractivity contribution in [3.8, 4) is 0 Å². The summed E-state index contributed by atoms with van der Waals surface area (Å²) in [6.07, 6.45) is 0.866. The van der Waals surface area contributed by atoms with Crippen molar-refractivity contribution >= 4 is 36.7 Å². The zero-order valence-corrected chi connectivity index (χ0v) is 14.0. The SMILES string of the molecule is CCc1cccc2sc(NS(=O)(=O)c3ccc(C)cc3)nc12. The standard InChI is InChI=1S/C16H16N2O2S2/c1-3-12-5-4-6-14-15(12)17-16(21-14)18-22(19,20)13-9-7-11(2)8-10-13/h4-10H,3H2,1-2H3,(H,17,18). The van der Waals surface area contributed by atoms with E-state index in [4.69, 9.17) is 0 Å². The summed E-state index contributed by atoms with van der Waals surface area (Å²) in [4.78, 5) is 4.68.